The number of hydrogen-bond acceptors (Lipinski definition) is 5. The van der Waals surface area contributed by atoms with Gasteiger partial charge in [0, 0.05) is 13.1 Å². The number of tetrazole rings is 1. The van der Waals surface area contributed by atoms with Gasteiger partial charge in [-0.05, 0) is 60.2 Å². The molecule has 1 fully saturated rings. The van der Waals surface area contributed by atoms with Crippen LogP contribution in [0.25, 0.3) is 5.69 Å². The molecule has 25 heavy (non-hydrogen) atoms. The molecule has 8 heteroatoms. The summed E-state index contributed by atoms with van der Waals surface area (Å²) in [6.07, 6.45) is 4.48. The molecule has 0 unspecified atom stereocenters. The second-order valence-electron chi connectivity index (χ2n) is 6.56. The lowest BCUT2D eigenvalue weighted by Crippen LogP contribution is -2.40. The second-order valence-corrected chi connectivity index (χ2v) is 7.50. The van der Waals surface area contributed by atoms with Crippen molar-refractivity contribution in [3.05, 3.63) is 30.1 Å². The first-order chi connectivity index (χ1) is 12.0. The van der Waals surface area contributed by atoms with Crippen LogP contribution in [0.2, 0.25) is 0 Å². The predicted molar refractivity (Wildman–Crippen MR) is 94.0 cm³/mol. The molecular weight excluding hydrogens is 341 g/mol. The number of aromatic nitrogens is 4. The van der Waals surface area contributed by atoms with Crippen LogP contribution in [-0.4, -0.2) is 49.9 Å². The van der Waals surface area contributed by atoms with Crippen molar-refractivity contribution in [1.82, 2.24) is 25.1 Å². The molecule has 2 aromatic rings. The van der Waals surface area contributed by atoms with Crippen molar-refractivity contribution in [2.75, 3.05) is 12.8 Å². The third kappa shape index (κ3) is 4.36. The van der Waals surface area contributed by atoms with E-state index < -0.39 is 0 Å². The highest BCUT2D eigenvalue weighted by atomic mass is 32.2. The molecule has 3 rings (SSSR count). The molecule has 1 saturated carbocycles. The highest BCUT2D eigenvalue weighted by Crippen LogP contribution is 2.27. The van der Waals surface area contributed by atoms with E-state index in [9.17, 15) is 9.18 Å². The van der Waals surface area contributed by atoms with Gasteiger partial charge < -0.3 is 4.90 Å². The maximum absolute atomic E-state index is 13.4. The maximum Gasteiger partial charge on any atom is 0.233 e. The number of benzene rings is 1. The quantitative estimate of drug-likeness (QED) is 0.764. The highest BCUT2D eigenvalue weighted by Gasteiger charge is 2.25. The van der Waals surface area contributed by atoms with E-state index in [4.69, 9.17) is 0 Å². The van der Waals surface area contributed by atoms with Crippen molar-refractivity contribution in [3.8, 4) is 5.69 Å². The molecule has 1 amide bonds. The summed E-state index contributed by atoms with van der Waals surface area (Å²) < 4.78 is 14.8. The van der Waals surface area contributed by atoms with E-state index in [2.05, 4.69) is 22.4 Å². The average Bonchev–Trinajstić information content (AvgIpc) is 3.08. The number of nitrogens with zero attached hydrogens (tertiary/aromatic N) is 5. The lowest BCUT2D eigenvalue weighted by atomic mass is 9.87. The van der Waals surface area contributed by atoms with Gasteiger partial charge in [-0.25, -0.2) is 4.39 Å². The fraction of sp³-hybridized carbons (Fsp3) is 0.529. The molecule has 0 aliphatic heterocycles. The van der Waals surface area contributed by atoms with Crippen molar-refractivity contribution in [1.29, 1.82) is 0 Å². The van der Waals surface area contributed by atoms with Gasteiger partial charge in [-0.15, -0.1) is 5.10 Å². The first-order valence-electron chi connectivity index (χ1n) is 8.47. The Morgan fingerprint density at radius 2 is 2.12 bits per heavy atom. The van der Waals surface area contributed by atoms with Gasteiger partial charge in [-0.1, -0.05) is 24.8 Å². The van der Waals surface area contributed by atoms with E-state index in [1.54, 1.807) is 12.1 Å². The molecule has 1 aromatic heterocycles. The van der Waals surface area contributed by atoms with Crippen LogP contribution in [0.15, 0.2) is 29.4 Å². The topological polar surface area (TPSA) is 63.9 Å². The van der Waals surface area contributed by atoms with E-state index in [-0.39, 0.29) is 17.5 Å². The highest BCUT2D eigenvalue weighted by molar-refractivity contribution is 7.99. The van der Waals surface area contributed by atoms with Crippen LogP contribution in [0.5, 0.6) is 0 Å². The Morgan fingerprint density at radius 1 is 1.36 bits per heavy atom. The van der Waals surface area contributed by atoms with Gasteiger partial charge in [-0.3, -0.25) is 4.79 Å². The Labute approximate surface area is 150 Å². The Hall–Kier alpha value is -1.96. The zero-order valence-electron chi connectivity index (χ0n) is 14.4. The second kappa shape index (κ2) is 7.95. The number of carbonyl (C=O) groups is 1. The van der Waals surface area contributed by atoms with E-state index in [1.165, 1.54) is 41.4 Å². The van der Waals surface area contributed by atoms with Crippen LogP contribution in [0.1, 0.15) is 32.6 Å². The van der Waals surface area contributed by atoms with Crippen LogP contribution >= 0.6 is 11.8 Å². The van der Waals surface area contributed by atoms with Crippen LogP contribution in [0.4, 0.5) is 4.39 Å². The monoisotopic (exact) mass is 363 g/mol. The van der Waals surface area contributed by atoms with E-state index in [0.29, 0.717) is 16.9 Å². The standard InChI is InChI=1S/C17H22FN5OS/c1-12-6-8-14(9-7-12)22(2)16(24)11-25-17-19-20-21-23(17)15-5-3-4-13(18)10-15/h3-5,10,12,14H,6-9,11H2,1-2H3. The zero-order valence-corrected chi connectivity index (χ0v) is 15.2. The molecule has 0 bridgehead atoms. The average molecular weight is 363 g/mol. The van der Waals surface area contributed by atoms with E-state index in [1.807, 2.05) is 11.9 Å². The van der Waals surface area contributed by atoms with Crippen molar-refractivity contribution in [2.45, 2.75) is 43.8 Å². The van der Waals surface area contributed by atoms with Crippen LogP contribution in [0, 0.1) is 11.7 Å². The summed E-state index contributed by atoms with van der Waals surface area (Å²) >= 11 is 1.27. The normalized spacial score (nSPS) is 20.4. The summed E-state index contributed by atoms with van der Waals surface area (Å²) in [4.78, 5) is 14.3. The number of halogens is 1. The molecule has 0 saturated heterocycles. The van der Waals surface area contributed by atoms with Crippen molar-refractivity contribution in [3.63, 3.8) is 0 Å². The minimum Gasteiger partial charge on any atom is -0.342 e. The van der Waals surface area contributed by atoms with Crippen molar-refractivity contribution < 1.29 is 9.18 Å². The summed E-state index contributed by atoms with van der Waals surface area (Å²) in [5.41, 5.74) is 0.537. The minimum atomic E-state index is -0.355. The molecule has 0 N–H and O–H groups in total. The van der Waals surface area contributed by atoms with Gasteiger partial charge in [0.05, 0.1) is 11.4 Å². The largest absolute Gasteiger partial charge is 0.342 e. The maximum atomic E-state index is 13.4. The Bertz CT molecular complexity index is 729. The van der Waals surface area contributed by atoms with Crippen molar-refractivity contribution in [2.24, 2.45) is 5.92 Å². The third-order valence-electron chi connectivity index (χ3n) is 4.74. The molecule has 0 spiro atoms. The summed E-state index contributed by atoms with van der Waals surface area (Å²) in [6, 6.07) is 6.37. The van der Waals surface area contributed by atoms with Crippen molar-refractivity contribution >= 4 is 17.7 Å². The molecule has 6 nitrogen and oxygen atoms in total. The van der Waals surface area contributed by atoms with E-state index in [0.717, 1.165) is 18.8 Å². The molecule has 1 aromatic carbocycles. The van der Waals surface area contributed by atoms with Crippen LogP contribution in [0.3, 0.4) is 0 Å². The summed E-state index contributed by atoms with van der Waals surface area (Å²) in [5, 5.41) is 12.0. The molecule has 134 valence electrons. The van der Waals surface area contributed by atoms with Gasteiger partial charge in [0.15, 0.2) is 0 Å². The minimum absolute atomic E-state index is 0.0679. The van der Waals surface area contributed by atoms with Gasteiger partial charge in [0.1, 0.15) is 5.82 Å². The fourth-order valence-corrected chi connectivity index (χ4v) is 3.92. The Morgan fingerprint density at radius 3 is 2.84 bits per heavy atom. The van der Waals surface area contributed by atoms with E-state index >= 15 is 0 Å². The van der Waals surface area contributed by atoms with Gasteiger partial charge in [-0.2, -0.15) is 4.68 Å². The molecule has 1 aliphatic carbocycles. The smallest absolute Gasteiger partial charge is 0.233 e. The third-order valence-corrected chi connectivity index (χ3v) is 5.65. The fourth-order valence-electron chi connectivity index (χ4n) is 3.10. The number of hydrogen-bond donors (Lipinski definition) is 0. The molecule has 1 aliphatic rings. The summed E-state index contributed by atoms with van der Waals surface area (Å²) in [5.74, 6) is 0.729. The first-order valence-corrected chi connectivity index (χ1v) is 9.46. The predicted octanol–water partition coefficient (Wildman–Crippen LogP) is 2.93. The summed E-state index contributed by atoms with van der Waals surface area (Å²) in [6.45, 7) is 2.26. The molecule has 0 radical (unpaired) electrons. The molecular formula is C17H22FN5OS. The molecule has 1 heterocycles. The van der Waals surface area contributed by atoms with Gasteiger partial charge >= 0.3 is 0 Å². The number of amides is 1. The Balaban J connectivity index is 1.60. The van der Waals surface area contributed by atoms with Crippen LogP contribution < -0.4 is 0 Å². The lowest BCUT2D eigenvalue weighted by Gasteiger charge is -2.33. The number of carbonyl (C=O) groups excluding carboxylic acids is 1. The SMILES string of the molecule is CC1CCC(N(C)C(=O)CSc2nnnn2-c2cccc(F)c2)CC1. The zero-order chi connectivity index (χ0) is 17.8. The first kappa shape index (κ1) is 17.8. The lowest BCUT2D eigenvalue weighted by molar-refractivity contribution is -0.129. The molecule has 0 atom stereocenters. The van der Waals surface area contributed by atoms with Crippen LogP contribution in [-0.2, 0) is 4.79 Å². The number of rotatable bonds is 5. The summed E-state index contributed by atoms with van der Waals surface area (Å²) in [7, 11) is 1.87. The van der Waals surface area contributed by atoms with Gasteiger partial charge in [0.25, 0.3) is 0 Å². The number of thioether (sulfide) groups is 1. The van der Waals surface area contributed by atoms with Gasteiger partial charge in [0.2, 0.25) is 11.1 Å². The Kier molecular flexibility index (Phi) is 5.67.